The smallest absolute Gasteiger partial charge is 0.234 e. The van der Waals surface area contributed by atoms with Gasteiger partial charge in [0.1, 0.15) is 10.6 Å². The van der Waals surface area contributed by atoms with Gasteiger partial charge in [0, 0.05) is 21.1 Å². The fourth-order valence-electron chi connectivity index (χ4n) is 3.07. The molecule has 0 radical (unpaired) electrons. The summed E-state index contributed by atoms with van der Waals surface area (Å²) in [4.78, 5) is 23.5. The number of amides is 1. The highest BCUT2D eigenvalue weighted by Gasteiger charge is 2.30. The molecule has 3 N–H and O–H groups in total. The van der Waals surface area contributed by atoms with E-state index >= 15 is 0 Å². The van der Waals surface area contributed by atoms with Crippen LogP contribution in [0.4, 0.5) is 11.5 Å². The van der Waals surface area contributed by atoms with Crippen LogP contribution < -0.4 is 11.1 Å². The summed E-state index contributed by atoms with van der Waals surface area (Å²) in [5, 5.41) is 4.42. The van der Waals surface area contributed by atoms with Crippen molar-refractivity contribution in [3.05, 3.63) is 40.8 Å². The number of aromatic nitrogens is 2. The van der Waals surface area contributed by atoms with E-state index in [0.29, 0.717) is 11.0 Å². The highest BCUT2D eigenvalue weighted by Crippen LogP contribution is 2.45. The first-order chi connectivity index (χ1) is 12.9. The number of nitrogens with two attached hydrogens (primary N) is 1. The van der Waals surface area contributed by atoms with Crippen LogP contribution >= 0.6 is 34.9 Å². The maximum atomic E-state index is 12.1. The minimum atomic E-state index is -0.0860. The van der Waals surface area contributed by atoms with Gasteiger partial charge in [0.15, 0.2) is 5.16 Å². The molecule has 0 fully saturated rings. The lowest BCUT2D eigenvalue weighted by atomic mass is 9.99. The second-order valence-corrected chi connectivity index (χ2v) is 10.7. The second-order valence-electron chi connectivity index (χ2n) is 7.00. The number of thioether (sulfide) groups is 2. The zero-order chi connectivity index (χ0) is 19.0. The van der Waals surface area contributed by atoms with Crippen molar-refractivity contribution in [3.63, 3.8) is 0 Å². The lowest BCUT2D eigenvalue weighted by Gasteiger charge is -2.28. The standard InChI is InChI=1S/C19H20N4OS3/c1-19(2)8-12-13(9-26-19)27-17-15(12)16(20)22-18(23-17)25-10-14(24)21-11-6-4-3-5-7-11/h3-7H,8-10H2,1-2H3,(H,21,24)(H2,20,22,23). The van der Waals surface area contributed by atoms with Crippen LogP contribution in [0.1, 0.15) is 24.3 Å². The molecular weight excluding hydrogens is 396 g/mol. The molecular formula is C19H20N4OS3. The summed E-state index contributed by atoms with van der Waals surface area (Å²) in [6, 6.07) is 9.41. The van der Waals surface area contributed by atoms with Gasteiger partial charge < -0.3 is 11.1 Å². The summed E-state index contributed by atoms with van der Waals surface area (Å²) in [5.41, 5.74) is 8.36. The van der Waals surface area contributed by atoms with Crippen LogP contribution in [0.5, 0.6) is 0 Å². The van der Waals surface area contributed by atoms with Gasteiger partial charge in [0.25, 0.3) is 0 Å². The fraction of sp³-hybridized carbons (Fsp3) is 0.316. The molecule has 0 saturated carbocycles. The molecule has 8 heteroatoms. The number of hydrogen-bond donors (Lipinski definition) is 2. The lowest BCUT2D eigenvalue weighted by Crippen LogP contribution is -2.22. The molecule has 0 spiro atoms. The molecule has 27 heavy (non-hydrogen) atoms. The van der Waals surface area contributed by atoms with Crippen molar-refractivity contribution in [2.45, 2.75) is 35.9 Å². The molecule has 140 valence electrons. The average molecular weight is 417 g/mol. The summed E-state index contributed by atoms with van der Waals surface area (Å²) in [5.74, 6) is 1.67. The molecule has 0 saturated heterocycles. The predicted molar refractivity (Wildman–Crippen MR) is 117 cm³/mol. The number of anilines is 2. The van der Waals surface area contributed by atoms with Crippen LogP contribution in [0.2, 0.25) is 0 Å². The van der Waals surface area contributed by atoms with Crippen LogP contribution in [0.15, 0.2) is 35.5 Å². The zero-order valence-corrected chi connectivity index (χ0v) is 17.6. The average Bonchev–Trinajstić information content (AvgIpc) is 2.98. The molecule has 0 unspecified atom stereocenters. The number of carbonyl (C=O) groups excluding carboxylic acids is 1. The lowest BCUT2D eigenvalue weighted by molar-refractivity contribution is -0.113. The summed E-state index contributed by atoms with van der Waals surface area (Å²) in [6.07, 6.45) is 0.979. The van der Waals surface area contributed by atoms with Gasteiger partial charge in [-0.2, -0.15) is 0 Å². The zero-order valence-electron chi connectivity index (χ0n) is 15.1. The molecule has 1 amide bonds. The van der Waals surface area contributed by atoms with Gasteiger partial charge in [0.2, 0.25) is 5.91 Å². The number of nitrogen functional groups attached to an aromatic ring is 1. The summed E-state index contributed by atoms with van der Waals surface area (Å²) in [6.45, 7) is 4.52. The Hall–Kier alpha value is -1.77. The molecule has 0 bridgehead atoms. The number of para-hydroxylation sites is 1. The van der Waals surface area contributed by atoms with E-state index in [-0.39, 0.29) is 16.4 Å². The molecule has 3 heterocycles. The van der Waals surface area contributed by atoms with E-state index < -0.39 is 0 Å². The van der Waals surface area contributed by atoms with Crippen LogP contribution in [-0.2, 0) is 17.0 Å². The third-order valence-electron chi connectivity index (χ3n) is 4.33. The first kappa shape index (κ1) is 18.6. The number of carbonyl (C=O) groups is 1. The normalized spacial score (nSPS) is 15.5. The number of hydrogen-bond acceptors (Lipinski definition) is 7. The summed E-state index contributed by atoms with van der Waals surface area (Å²) >= 11 is 4.98. The van der Waals surface area contributed by atoms with Gasteiger partial charge in [-0.05, 0) is 24.1 Å². The molecule has 0 aliphatic carbocycles. The third kappa shape index (κ3) is 4.07. The van der Waals surface area contributed by atoms with Gasteiger partial charge in [-0.15, -0.1) is 23.1 Å². The van der Waals surface area contributed by atoms with Gasteiger partial charge in [-0.25, -0.2) is 9.97 Å². The van der Waals surface area contributed by atoms with E-state index in [9.17, 15) is 4.79 Å². The summed E-state index contributed by atoms with van der Waals surface area (Å²) in [7, 11) is 0. The highest BCUT2D eigenvalue weighted by molar-refractivity contribution is 8.00. The van der Waals surface area contributed by atoms with E-state index in [1.807, 2.05) is 42.1 Å². The SMILES string of the molecule is CC1(C)Cc2c(sc3nc(SCC(=O)Nc4ccccc4)nc(N)c23)CS1. The fourth-order valence-corrected chi connectivity index (χ4v) is 6.12. The first-order valence-corrected chi connectivity index (χ1v) is 11.4. The van der Waals surface area contributed by atoms with Crippen LogP contribution in [0.25, 0.3) is 10.2 Å². The van der Waals surface area contributed by atoms with Crippen molar-refractivity contribution >= 4 is 62.5 Å². The molecule has 1 aromatic carbocycles. The van der Waals surface area contributed by atoms with Gasteiger partial charge in [-0.1, -0.05) is 43.8 Å². The highest BCUT2D eigenvalue weighted by atomic mass is 32.2. The number of benzene rings is 1. The molecule has 4 rings (SSSR count). The van der Waals surface area contributed by atoms with Gasteiger partial charge in [-0.3, -0.25) is 4.79 Å². The molecule has 1 aliphatic rings. The number of nitrogens with one attached hydrogen (secondary N) is 1. The topological polar surface area (TPSA) is 80.9 Å². The van der Waals surface area contributed by atoms with E-state index in [1.54, 1.807) is 11.3 Å². The Kier molecular flexibility index (Phi) is 5.05. The van der Waals surface area contributed by atoms with Crippen LogP contribution in [-0.4, -0.2) is 26.4 Å². The largest absolute Gasteiger partial charge is 0.383 e. The Balaban J connectivity index is 1.51. The van der Waals surface area contributed by atoms with Crippen LogP contribution in [0.3, 0.4) is 0 Å². The van der Waals surface area contributed by atoms with E-state index in [0.717, 1.165) is 28.1 Å². The maximum Gasteiger partial charge on any atom is 0.234 e. The Morgan fingerprint density at radius 2 is 2.07 bits per heavy atom. The third-order valence-corrected chi connectivity index (χ3v) is 7.84. The first-order valence-electron chi connectivity index (χ1n) is 8.61. The number of rotatable bonds is 4. The van der Waals surface area contributed by atoms with Crippen molar-refractivity contribution in [1.29, 1.82) is 0 Å². The van der Waals surface area contributed by atoms with Gasteiger partial charge in [0.05, 0.1) is 11.1 Å². The van der Waals surface area contributed by atoms with Crippen LogP contribution in [0, 0.1) is 0 Å². The van der Waals surface area contributed by atoms with Crippen molar-refractivity contribution < 1.29 is 4.79 Å². The minimum absolute atomic E-state index is 0.0860. The van der Waals surface area contributed by atoms with E-state index in [4.69, 9.17) is 5.73 Å². The minimum Gasteiger partial charge on any atom is -0.383 e. The van der Waals surface area contributed by atoms with Crippen molar-refractivity contribution in [3.8, 4) is 0 Å². The monoisotopic (exact) mass is 416 g/mol. The number of fused-ring (bicyclic) bond motifs is 3. The number of thiophene rings is 1. The molecule has 1 aliphatic heterocycles. The predicted octanol–water partition coefficient (Wildman–Crippen LogP) is 4.57. The summed E-state index contributed by atoms with van der Waals surface area (Å²) < 4.78 is 0.205. The van der Waals surface area contributed by atoms with Crippen molar-refractivity contribution in [2.24, 2.45) is 0 Å². The van der Waals surface area contributed by atoms with E-state index in [2.05, 4.69) is 29.1 Å². The number of nitrogens with zero attached hydrogens (tertiary/aromatic N) is 2. The molecule has 5 nitrogen and oxygen atoms in total. The second kappa shape index (κ2) is 7.33. The van der Waals surface area contributed by atoms with Crippen molar-refractivity contribution in [2.75, 3.05) is 16.8 Å². The molecule has 0 atom stereocenters. The van der Waals surface area contributed by atoms with Crippen molar-refractivity contribution in [1.82, 2.24) is 9.97 Å². The quantitative estimate of drug-likeness (QED) is 0.479. The maximum absolute atomic E-state index is 12.1. The molecule has 3 aromatic rings. The Bertz CT molecular complexity index is 1000. The van der Waals surface area contributed by atoms with E-state index in [1.165, 1.54) is 22.2 Å². The molecule has 2 aromatic heterocycles. The Labute approximate surface area is 170 Å². The Morgan fingerprint density at radius 3 is 2.85 bits per heavy atom. The van der Waals surface area contributed by atoms with Gasteiger partial charge >= 0.3 is 0 Å². The Morgan fingerprint density at radius 1 is 1.30 bits per heavy atom.